The van der Waals surface area contributed by atoms with Crippen LogP contribution in [0.25, 0.3) is 10.9 Å². The monoisotopic (exact) mass is 533 g/mol. The molecule has 0 bridgehead atoms. The van der Waals surface area contributed by atoms with Gasteiger partial charge in [0.2, 0.25) is 0 Å². The van der Waals surface area contributed by atoms with E-state index < -0.39 is 0 Å². The SMILES string of the molecule is COc1ccc(CCNC(=S)N(Cc2ccc(F)cc2)Cc2cc3cc(C)cc(C)c3[nH]c2=O)cc1OC. The Balaban J connectivity index is 1.54. The molecule has 0 aliphatic rings. The average molecular weight is 534 g/mol. The van der Waals surface area contributed by atoms with Crippen molar-refractivity contribution >= 4 is 28.2 Å². The van der Waals surface area contributed by atoms with Gasteiger partial charge in [0.25, 0.3) is 5.56 Å². The first-order valence-corrected chi connectivity index (χ1v) is 12.8. The fourth-order valence-electron chi connectivity index (χ4n) is 4.53. The fraction of sp³-hybridized carbons (Fsp3) is 0.267. The highest BCUT2D eigenvalue weighted by atomic mass is 32.1. The Kier molecular flexibility index (Phi) is 8.63. The van der Waals surface area contributed by atoms with Crippen LogP contribution in [0.5, 0.6) is 11.5 Å². The highest BCUT2D eigenvalue weighted by molar-refractivity contribution is 7.80. The summed E-state index contributed by atoms with van der Waals surface area (Å²) in [7, 11) is 3.22. The quantitative estimate of drug-likeness (QED) is 0.280. The van der Waals surface area contributed by atoms with Gasteiger partial charge >= 0.3 is 0 Å². The Labute approximate surface area is 227 Å². The molecule has 0 saturated carbocycles. The van der Waals surface area contributed by atoms with E-state index in [4.69, 9.17) is 21.7 Å². The van der Waals surface area contributed by atoms with Crippen molar-refractivity contribution in [3.05, 3.63) is 105 Å². The van der Waals surface area contributed by atoms with E-state index in [1.807, 2.05) is 43.0 Å². The van der Waals surface area contributed by atoms with E-state index in [9.17, 15) is 9.18 Å². The third-order valence-corrected chi connectivity index (χ3v) is 6.85. The molecule has 3 aromatic carbocycles. The van der Waals surface area contributed by atoms with E-state index in [1.165, 1.54) is 12.1 Å². The van der Waals surface area contributed by atoms with Crippen molar-refractivity contribution in [1.82, 2.24) is 15.2 Å². The van der Waals surface area contributed by atoms with Gasteiger partial charge in [-0.1, -0.05) is 29.8 Å². The van der Waals surface area contributed by atoms with Crippen LogP contribution in [0.15, 0.2) is 65.5 Å². The van der Waals surface area contributed by atoms with Gasteiger partial charge in [0.15, 0.2) is 16.6 Å². The second-order valence-electron chi connectivity index (χ2n) is 9.32. The molecular formula is C30H32FN3O3S. The van der Waals surface area contributed by atoms with Gasteiger partial charge in [-0.05, 0) is 91.0 Å². The zero-order valence-electron chi connectivity index (χ0n) is 22.1. The third kappa shape index (κ3) is 6.50. The van der Waals surface area contributed by atoms with Gasteiger partial charge in [0.05, 0.1) is 26.3 Å². The molecule has 4 rings (SSSR count). The molecule has 4 aromatic rings. The van der Waals surface area contributed by atoms with Crippen LogP contribution in [0.4, 0.5) is 4.39 Å². The lowest BCUT2D eigenvalue weighted by Crippen LogP contribution is -2.40. The maximum Gasteiger partial charge on any atom is 0.253 e. The number of thiocarbonyl (C=S) groups is 1. The predicted molar refractivity (Wildman–Crippen MR) is 154 cm³/mol. The number of nitrogens with zero attached hydrogens (tertiary/aromatic N) is 1. The predicted octanol–water partition coefficient (Wildman–Crippen LogP) is 5.42. The molecule has 0 atom stereocenters. The van der Waals surface area contributed by atoms with Crippen molar-refractivity contribution in [2.75, 3.05) is 20.8 Å². The van der Waals surface area contributed by atoms with Gasteiger partial charge in [-0.15, -0.1) is 0 Å². The summed E-state index contributed by atoms with van der Waals surface area (Å²) in [6.45, 7) is 5.34. The van der Waals surface area contributed by atoms with Crippen molar-refractivity contribution < 1.29 is 13.9 Å². The molecule has 6 nitrogen and oxygen atoms in total. The van der Waals surface area contributed by atoms with Crippen LogP contribution in [0.3, 0.4) is 0 Å². The van der Waals surface area contributed by atoms with Crippen LogP contribution >= 0.6 is 12.2 Å². The van der Waals surface area contributed by atoms with Crippen LogP contribution in [0, 0.1) is 19.7 Å². The Hall–Kier alpha value is -3.91. The summed E-state index contributed by atoms with van der Waals surface area (Å²) in [5.41, 5.74) is 5.40. The smallest absolute Gasteiger partial charge is 0.253 e. The lowest BCUT2D eigenvalue weighted by atomic mass is 10.1. The zero-order valence-corrected chi connectivity index (χ0v) is 22.9. The maximum absolute atomic E-state index is 13.5. The molecular weight excluding hydrogens is 501 g/mol. The molecule has 0 radical (unpaired) electrons. The van der Waals surface area contributed by atoms with Gasteiger partial charge in [-0.25, -0.2) is 4.39 Å². The number of rotatable bonds is 9. The topological polar surface area (TPSA) is 66.6 Å². The first kappa shape index (κ1) is 27.1. The van der Waals surface area contributed by atoms with Gasteiger partial charge in [-0.2, -0.15) is 0 Å². The number of fused-ring (bicyclic) bond motifs is 1. The molecule has 0 fully saturated rings. The largest absolute Gasteiger partial charge is 0.493 e. The Morgan fingerprint density at radius 2 is 1.66 bits per heavy atom. The standard InChI is InChI=1S/C30H32FN3O3S/c1-19-13-20(2)28-23(14-19)16-24(29(35)33-28)18-34(17-22-5-8-25(31)9-6-22)30(38)32-12-11-21-7-10-26(36-3)27(15-21)37-4/h5-10,13-16H,11-12,17-18H2,1-4H3,(H,32,38)(H,33,35). The van der Waals surface area contributed by atoms with E-state index in [-0.39, 0.29) is 11.4 Å². The van der Waals surface area contributed by atoms with Crippen molar-refractivity contribution in [3.63, 3.8) is 0 Å². The average Bonchev–Trinajstić information content (AvgIpc) is 2.90. The first-order valence-electron chi connectivity index (χ1n) is 12.4. The van der Waals surface area contributed by atoms with Gasteiger partial charge in [0.1, 0.15) is 5.82 Å². The Bertz CT molecular complexity index is 1500. The molecule has 1 aromatic heterocycles. The second-order valence-corrected chi connectivity index (χ2v) is 9.71. The highest BCUT2D eigenvalue weighted by Crippen LogP contribution is 2.27. The number of benzene rings is 3. The summed E-state index contributed by atoms with van der Waals surface area (Å²) in [4.78, 5) is 18.0. The summed E-state index contributed by atoms with van der Waals surface area (Å²) >= 11 is 5.77. The molecule has 0 unspecified atom stereocenters. The fourth-order valence-corrected chi connectivity index (χ4v) is 4.76. The molecule has 2 N–H and O–H groups in total. The summed E-state index contributed by atoms with van der Waals surface area (Å²) in [5.74, 6) is 1.05. The van der Waals surface area contributed by atoms with Crippen LogP contribution in [-0.2, 0) is 19.5 Å². The van der Waals surface area contributed by atoms with Gasteiger partial charge < -0.3 is 24.7 Å². The van der Waals surface area contributed by atoms with E-state index in [0.717, 1.165) is 33.2 Å². The molecule has 0 aliphatic carbocycles. The molecule has 1 heterocycles. The number of nitrogens with one attached hydrogen (secondary N) is 2. The lowest BCUT2D eigenvalue weighted by Gasteiger charge is -2.26. The van der Waals surface area contributed by atoms with E-state index in [2.05, 4.69) is 22.4 Å². The van der Waals surface area contributed by atoms with E-state index in [0.29, 0.717) is 48.2 Å². The molecule has 198 valence electrons. The van der Waals surface area contributed by atoms with Crippen molar-refractivity contribution in [2.24, 2.45) is 0 Å². The van der Waals surface area contributed by atoms with Crippen LogP contribution in [-0.4, -0.2) is 35.8 Å². The number of aromatic nitrogens is 1. The first-order chi connectivity index (χ1) is 18.3. The van der Waals surface area contributed by atoms with Crippen molar-refractivity contribution in [1.29, 1.82) is 0 Å². The highest BCUT2D eigenvalue weighted by Gasteiger charge is 2.15. The Morgan fingerprint density at radius 3 is 2.37 bits per heavy atom. The van der Waals surface area contributed by atoms with Gasteiger partial charge in [0, 0.05) is 18.7 Å². The van der Waals surface area contributed by atoms with Crippen molar-refractivity contribution in [3.8, 4) is 11.5 Å². The molecule has 0 spiro atoms. The molecule has 8 heteroatoms. The third-order valence-electron chi connectivity index (χ3n) is 6.44. The van der Waals surface area contributed by atoms with E-state index in [1.54, 1.807) is 26.4 Å². The number of aromatic amines is 1. The number of H-pyrrole nitrogens is 1. The number of aryl methyl sites for hydroxylation is 2. The second kappa shape index (κ2) is 12.1. The van der Waals surface area contributed by atoms with E-state index >= 15 is 0 Å². The number of methoxy groups -OCH3 is 2. The molecule has 0 amide bonds. The minimum Gasteiger partial charge on any atom is -0.493 e. The Morgan fingerprint density at radius 1 is 0.947 bits per heavy atom. The van der Waals surface area contributed by atoms with Crippen molar-refractivity contribution in [2.45, 2.75) is 33.4 Å². The summed E-state index contributed by atoms with van der Waals surface area (Å²) < 4.78 is 24.2. The molecule has 0 saturated heterocycles. The number of pyridine rings is 1. The van der Waals surface area contributed by atoms with Crippen LogP contribution in [0.1, 0.15) is 27.8 Å². The molecule has 38 heavy (non-hydrogen) atoms. The normalized spacial score (nSPS) is 10.9. The summed E-state index contributed by atoms with van der Waals surface area (Å²) in [5, 5.41) is 4.81. The minimum absolute atomic E-state index is 0.151. The number of halogens is 1. The minimum atomic E-state index is -0.298. The lowest BCUT2D eigenvalue weighted by molar-refractivity contribution is 0.354. The summed E-state index contributed by atoms with van der Waals surface area (Å²) in [6, 6.07) is 18.2. The number of hydrogen-bond acceptors (Lipinski definition) is 4. The number of hydrogen-bond donors (Lipinski definition) is 2. The van der Waals surface area contributed by atoms with Gasteiger partial charge in [-0.3, -0.25) is 4.79 Å². The van der Waals surface area contributed by atoms with Crippen LogP contribution in [0.2, 0.25) is 0 Å². The summed E-state index contributed by atoms with van der Waals surface area (Å²) in [6.07, 6.45) is 0.708. The molecule has 0 aliphatic heterocycles. The zero-order chi connectivity index (χ0) is 27.2. The van der Waals surface area contributed by atoms with Crippen LogP contribution < -0.4 is 20.3 Å². The number of ether oxygens (including phenoxy) is 2. The maximum atomic E-state index is 13.5.